The molecule has 0 unspecified atom stereocenters. The van der Waals surface area contributed by atoms with Gasteiger partial charge < -0.3 is 15.3 Å². The van der Waals surface area contributed by atoms with Crippen molar-refractivity contribution in [2.75, 3.05) is 6.61 Å². The second kappa shape index (κ2) is 7.27. The summed E-state index contributed by atoms with van der Waals surface area (Å²) in [5.74, 6) is 1.07. The first kappa shape index (κ1) is 23.7. The third-order valence-corrected chi connectivity index (χ3v) is 11.8. The van der Waals surface area contributed by atoms with Gasteiger partial charge in [0, 0.05) is 18.9 Å². The molecule has 0 heterocycles. The summed E-state index contributed by atoms with van der Waals surface area (Å²) in [6.45, 7) is 13.7. The first-order valence-corrected chi connectivity index (χ1v) is 12.8. The van der Waals surface area contributed by atoms with Crippen molar-refractivity contribution in [1.82, 2.24) is 0 Å². The molecule has 0 radical (unpaired) electrons. The molecule has 4 rings (SSSR count). The van der Waals surface area contributed by atoms with Crippen LogP contribution in [-0.4, -0.2) is 39.4 Å². The van der Waals surface area contributed by atoms with E-state index in [0.717, 1.165) is 38.5 Å². The minimum Gasteiger partial charge on any atom is -0.396 e. The predicted octanol–water partition coefficient (Wildman–Crippen LogP) is 4.73. The summed E-state index contributed by atoms with van der Waals surface area (Å²) >= 11 is 0. The van der Waals surface area contributed by atoms with Crippen LogP contribution in [0.25, 0.3) is 0 Å². The molecule has 4 nitrogen and oxygen atoms in total. The average Bonchev–Trinajstić information content (AvgIpc) is 3.06. The van der Waals surface area contributed by atoms with Gasteiger partial charge in [-0.1, -0.05) is 34.6 Å². The molecule has 0 saturated heterocycles. The van der Waals surface area contributed by atoms with Crippen molar-refractivity contribution in [2.24, 2.45) is 45.3 Å². The fourth-order valence-electron chi connectivity index (χ4n) is 9.75. The van der Waals surface area contributed by atoms with E-state index >= 15 is 0 Å². The maximum absolute atomic E-state index is 13.8. The van der Waals surface area contributed by atoms with Gasteiger partial charge in [-0.25, -0.2) is 0 Å². The summed E-state index contributed by atoms with van der Waals surface area (Å²) < 4.78 is 0. The summed E-state index contributed by atoms with van der Waals surface area (Å²) in [4.78, 5) is 13.8. The van der Waals surface area contributed by atoms with Crippen molar-refractivity contribution >= 4 is 5.78 Å². The van der Waals surface area contributed by atoms with E-state index in [2.05, 4.69) is 34.6 Å². The maximum Gasteiger partial charge on any atom is 0.137 e. The van der Waals surface area contributed by atoms with E-state index in [1.807, 2.05) is 6.92 Å². The molecule has 0 aliphatic heterocycles. The highest BCUT2D eigenvalue weighted by Gasteiger charge is 2.71. The van der Waals surface area contributed by atoms with Crippen LogP contribution < -0.4 is 0 Å². The molecule has 4 aliphatic carbocycles. The van der Waals surface area contributed by atoms with Crippen molar-refractivity contribution in [3.63, 3.8) is 0 Å². The van der Waals surface area contributed by atoms with Gasteiger partial charge in [0.15, 0.2) is 0 Å². The number of aliphatic hydroxyl groups is 3. The lowest BCUT2D eigenvalue weighted by Crippen LogP contribution is -2.65. The fraction of sp³-hybridized carbons (Fsp3) is 0.963. The van der Waals surface area contributed by atoms with E-state index in [-0.39, 0.29) is 46.2 Å². The number of carbonyl (C=O) groups excluding carboxylic acids is 1. The second-order valence-electron chi connectivity index (χ2n) is 13.3. The van der Waals surface area contributed by atoms with E-state index in [1.54, 1.807) is 0 Å². The van der Waals surface area contributed by atoms with Crippen LogP contribution in [0.5, 0.6) is 0 Å². The maximum atomic E-state index is 13.8. The van der Waals surface area contributed by atoms with Gasteiger partial charge in [0.2, 0.25) is 0 Å². The zero-order valence-corrected chi connectivity index (χ0v) is 20.7. The molecule has 3 N–H and O–H groups in total. The molecule has 31 heavy (non-hydrogen) atoms. The number of fused-ring (bicyclic) bond motifs is 5. The van der Waals surface area contributed by atoms with Gasteiger partial charge in [0.05, 0.1) is 11.7 Å². The van der Waals surface area contributed by atoms with Crippen LogP contribution in [0.4, 0.5) is 0 Å². The largest absolute Gasteiger partial charge is 0.396 e. The Balaban J connectivity index is 1.71. The lowest BCUT2D eigenvalue weighted by Gasteiger charge is -2.69. The van der Waals surface area contributed by atoms with Crippen molar-refractivity contribution in [1.29, 1.82) is 0 Å². The van der Waals surface area contributed by atoms with Crippen LogP contribution in [0.15, 0.2) is 0 Å². The highest BCUT2D eigenvalue weighted by Crippen LogP contribution is 2.75. The molecule has 0 amide bonds. The van der Waals surface area contributed by atoms with Crippen LogP contribution in [0.1, 0.15) is 99.3 Å². The van der Waals surface area contributed by atoms with E-state index in [0.29, 0.717) is 36.9 Å². The third kappa shape index (κ3) is 3.06. The van der Waals surface area contributed by atoms with E-state index in [1.165, 1.54) is 0 Å². The number of rotatable bonds is 4. The number of aliphatic hydroxyl groups excluding tert-OH is 2. The first-order chi connectivity index (χ1) is 14.3. The standard InChI is InChI=1S/C27H46O4/c1-23(2)19-9-14-25(4)20(24(19,3)12-10-21(23)30)16-18(29)22-17(8-13-26(22,25)5)27(6,31)11-7-15-28/h17,19-22,28,30-31H,7-16H2,1-6H3/t17-,19-,20+,21-,22-,24-,25+,26+,27+/m0/s1. The Morgan fingerprint density at radius 3 is 2.26 bits per heavy atom. The molecule has 4 saturated carbocycles. The van der Waals surface area contributed by atoms with Crippen LogP contribution in [0, 0.1) is 45.3 Å². The molecule has 4 fully saturated rings. The molecule has 0 spiro atoms. The number of hydrogen-bond acceptors (Lipinski definition) is 4. The Morgan fingerprint density at radius 2 is 1.61 bits per heavy atom. The van der Waals surface area contributed by atoms with Gasteiger partial charge >= 0.3 is 0 Å². The molecular weight excluding hydrogens is 388 g/mol. The molecule has 0 aromatic heterocycles. The topological polar surface area (TPSA) is 77.8 Å². The van der Waals surface area contributed by atoms with Crippen molar-refractivity contribution in [3.05, 3.63) is 0 Å². The number of Topliss-reactive ketones (excluding diaryl/α,β-unsaturated/α-hetero) is 1. The Labute approximate surface area is 189 Å². The Morgan fingerprint density at radius 1 is 0.968 bits per heavy atom. The molecule has 0 bridgehead atoms. The monoisotopic (exact) mass is 434 g/mol. The molecule has 0 aromatic rings. The minimum atomic E-state index is -0.901. The predicted molar refractivity (Wildman–Crippen MR) is 122 cm³/mol. The SMILES string of the molecule is CC1(C)[C@@H](O)CC[C@]2(C)[C@H]3CC(=O)[C@@H]4[C@@H]([C@](C)(O)CCCO)CC[C@@]4(C)[C@]3(C)CC[C@@H]12. The Kier molecular flexibility index (Phi) is 5.56. The fourth-order valence-corrected chi connectivity index (χ4v) is 9.75. The minimum absolute atomic E-state index is 0.00975. The van der Waals surface area contributed by atoms with Gasteiger partial charge in [0.1, 0.15) is 5.78 Å². The number of hydrogen-bond donors (Lipinski definition) is 3. The smallest absolute Gasteiger partial charge is 0.137 e. The number of ketones is 1. The zero-order valence-electron chi connectivity index (χ0n) is 20.7. The highest BCUT2D eigenvalue weighted by atomic mass is 16.3. The molecule has 0 aromatic carbocycles. The van der Waals surface area contributed by atoms with Gasteiger partial charge in [-0.3, -0.25) is 4.79 Å². The lowest BCUT2D eigenvalue weighted by atomic mass is 9.35. The van der Waals surface area contributed by atoms with Crippen LogP contribution >= 0.6 is 0 Å². The molecule has 4 heteroatoms. The summed E-state index contributed by atoms with van der Waals surface area (Å²) in [6, 6.07) is 0. The summed E-state index contributed by atoms with van der Waals surface area (Å²) in [6.07, 6.45) is 7.49. The van der Waals surface area contributed by atoms with E-state index in [9.17, 15) is 20.1 Å². The van der Waals surface area contributed by atoms with E-state index < -0.39 is 5.60 Å². The quantitative estimate of drug-likeness (QED) is 0.597. The third-order valence-electron chi connectivity index (χ3n) is 11.8. The van der Waals surface area contributed by atoms with Gasteiger partial charge in [-0.2, -0.15) is 0 Å². The molecule has 4 aliphatic rings. The summed E-state index contributed by atoms with van der Waals surface area (Å²) in [5.41, 5.74) is -0.938. The van der Waals surface area contributed by atoms with Gasteiger partial charge in [0.25, 0.3) is 0 Å². The van der Waals surface area contributed by atoms with Gasteiger partial charge in [-0.05, 0) is 97.7 Å². The second-order valence-corrected chi connectivity index (χ2v) is 13.3. The van der Waals surface area contributed by atoms with Crippen LogP contribution in [-0.2, 0) is 4.79 Å². The zero-order chi connectivity index (χ0) is 23.0. The van der Waals surface area contributed by atoms with Gasteiger partial charge in [-0.15, -0.1) is 0 Å². The number of carbonyl (C=O) groups is 1. The lowest BCUT2D eigenvalue weighted by molar-refractivity contribution is -0.221. The van der Waals surface area contributed by atoms with Crippen molar-refractivity contribution in [3.8, 4) is 0 Å². The normalized spacial score (nSPS) is 50.9. The van der Waals surface area contributed by atoms with E-state index in [4.69, 9.17) is 0 Å². The Bertz CT molecular complexity index is 729. The Hall–Kier alpha value is -0.450. The average molecular weight is 435 g/mol. The highest BCUT2D eigenvalue weighted by molar-refractivity contribution is 5.84. The van der Waals surface area contributed by atoms with Crippen LogP contribution in [0.3, 0.4) is 0 Å². The van der Waals surface area contributed by atoms with Crippen molar-refractivity contribution < 1.29 is 20.1 Å². The van der Waals surface area contributed by atoms with Crippen molar-refractivity contribution in [2.45, 2.75) is 111 Å². The first-order valence-electron chi connectivity index (χ1n) is 12.8. The summed E-state index contributed by atoms with van der Waals surface area (Å²) in [7, 11) is 0. The molecule has 9 atom stereocenters. The molecular formula is C27H46O4. The summed E-state index contributed by atoms with van der Waals surface area (Å²) in [5, 5.41) is 31.4. The van der Waals surface area contributed by atoms with Crippen LogP contribution in [0.2, 0.25) is 0 Å². The molecule has 178 valence electrons.